The molecule has 21 heavy (non-hydrogen) atoms. The molecular formula is C15H21N3O2S. The molecule has 1 aromatic rings. The van der Waals surface area contributed by atoms with E-state index in [0.717, 1.165) is 35.7 Å². The molecule has 114 valence electrons. The van der Waals surface area contributed by atoms with E-state index >= 15 is 0 Å². The van der Waals surface area contributed by atoms with Gasteiger partial charge in [0.05, 0.1) is 5.71 Å². The third kappa shape index (κ3) is 4.60. The summed E-state index contributed by atoms with van der Waals surface area (Å²) >= 11 is 5.18. The van der Waals surface area contributed by atoms with Crippen LogP contribution in [-0.4, -0.2) is 24.2 Å². The highest BCUT2D eigenvalue weighted by Crippen LogP contribution is 2.32. The highest BCUT2D eigenvalue weighted by molar-refractivity contribution is 7.80. The van der Waals surface area contributed by atoms with Gasteiger partial charge < -0.3 is 14.8 Å². The summed E-state index contributed by atoms with van der Waals surface area (Å²) in [5.41, 5.74) is 4.67. The number of ether oxygens (including phenoxy) is 2. The van der Waals surface area contributed by atoms with Crippen LogP contribution in [0, 0.1) is 0 Å². The van der Waals surface area contributed by atoms with Crippen molar-refractivity contribution in [1.82, 2.24) is 10.7 Å². The van der Waals surface area contributed by atoms with Crippen LogP contribution >= 0.6 is 12.2 Å². The van der Waals surface area contributed by atoms with Crippen LogP contribution in [0.4, 0.5) is 0 Å². The standard InChI is InChI=1S/C15H21N3O2S/c1-3-4-5-8-16-15(21)18-17-11(2)12-6-7-13-14(9-12)20-10-19-13/h6-7,9H,3-5,8,10H2,1-2H3,(H2,16,18,21)/b17-11-. The molecule has 0 bridgehead atoms. The van der Waals surface area contributed by atoms with Gasteiger partial charge in [0.2, 0.25) is 6.79 Å². The van der Waals surface area contributed by atoms with Gasteiger partial charge in [-0.25, -0.2) is 0 Å². The number of unbranched alkanes of at least 4 members (excludes halogenated alkanes) is 2. The molecule has 0 amide bonds. The minimum atomic E-state index is 0.277. The molecule has 0 fully saturated rings. The van der Waals surface area contributed by atoms with E-state index in [2.05, 4.69) is 22.8 Å². The zero-order chi connectivity index (χ0) is 15.1. The lowest BCUT2D eigenvalue weighted by Crippen LogP contribution is -2.33. The lowest BCUT2D eigenvalue weighted by atomic mass is 10.1. The minimum absolute atomic E-state index is 0.277. The van der Waals surface area contributed by atoms with Crippen LogP contribution in [-0.2, 0) is 0 Å². The van der Waals surface area contributed by atoms with Crippen LogP contribution in [0.3, 0.4) is 0 Å². The van der Waals surface area contributed by atoms with Gasteiger partial charge in [-0.2, -0.15) is 5.10 Å². The van der Waals surface area contributed by atoms with E-state index in [9.17, 15) is 0 Å². The highest BCUT2D eigenvalue weighted by atomic mass is 32.1. The molecule has 0 aliphatic carbocycles. The maximum absolute atomic E-state index is 5.36. The second-order valence-electron chi connectivity index (χ2n) is 4.84. The average Bonchev–Trinajstić information content (AvgIpc) is 2.96. The number of nitrogens with one attached hydrogen (secondary N) is 2. The summed E-state index contributed by atoms with van der Waals surface area (Å²) in [6.07, 6.45) is 3.52. The monoisotopic (exact) mass is 307 g/mol. The Morgan fingerprint density at radius 2 is 2.10 bits per heavy atom. The molecule has 1 aromatic carbocycles. The Morgan fingerprint density at radius 1 is 1.29 bits per heavy atom. The summed E-state index contributed by atoms with van der Waals surface area (Å²) in [7, 11) is 0. The second kappa shape index (κ2) is 7.83. The lowest BCUT2D eigenvalue weighted by Gasteiger charge is -2.08. The van der Waals surface area contributed by atoms with E-state index in [0.29, 0.717) is 5.11 Å². The molecule has 6 heteroatoms. The highest BCUT2D eigenvalue weighted by Gasteiger charge is 2.13. The average molecular weight is 307 g/mol. The number of rotatable bonds is 6. The topological polar surface area (TPSA) is 54.9 Å². The molecule has 2 rings (SSSR count). The first-order valence-electron chi connectivity index (χ1n) is 7.19. The Morgan fingerprint density at radius 3 is 2.90 bits per heavy atom. The van der Waals surface area contributed by atoms with E-state index < -0.39 is 0 Å². The van der Waals surface area contributed by atoms with E-state index in [1.165, 1.54) is 12.8 Å². The van der Waals surface area contributed by atoms with Crippen molar-refractivity contribution >= 4 is 23.0 Å². The number of hydrogen-bond donors (Lipinski definition) is 2. The van der Waals surface area contributed by atoms with E-state index in [1.807, 2.05) is 25.1 Å². The van der Waals surface area contributed by atoms with E-state index in [4.69, 9.17) is 21.7 Å². The molecule has 2 N–H and O–H groups in total. The van der Waals surface area contributed by atoms with Gasteiger partial charge in [-0.1, -0.05) is 19.8 Å². The summed E-state index contributed by atoms with van der Waals surface area (Å²) in [5, 5.41) is 7.97. The third-order valence-electron chi connectivity index (χ3n) is 3.18. The molecule has 0 radical (unpaired) electrons. The predicted octanol–water partition coefficient (Wildman–Crippen LogP) is 2.79. The molecule has 1 aliphatic heterocycles. The van der Waals surface area contributed by atoms with Crippen LogP contribution in [0.25, 0.3) is 0 Å². The van der Waals surface area contributed by atoms with Crippen molar-refractivity contribution in [3.8, 4) is 11.5 Å². The second-order valence-corrected chi connectivity index (χ2v) is 5.25. The van der Waals surface area contributed by atoms with Crippen molar-refractivity contribution in [2.45, 2.75) is 33.1 Å². The first-order chi connectivity index (χ1) is 10.2. The quantitative estimate of drug-likeness (QED) is 0.366. The van der Waals surface area contributed by atoms with Gasteiger partial charge in [0, 0.05) is 12.1 Å². The summed E-state index contributed by atoms with van der Waals surface area (Å²) in [6.45, 7) is 5.25. The molecule has 0 saturated carbocycles. The van der Waals surface area contributed by atoms with Crippen molar-refractivity contribution in [3.63, 3.8) is 0 Å². The van der Waals surface area contributed by atoms with Gasteiger partial charge in [0.1, 0.15) is 0 Å². The van der Waals surface area contributed by atoms with Gasteiger partial charge in [0.15, 0.2) is 16.6 Å². The van der Waals surface area contributed by atoms with Crippen molar-refractivity contribution in [1.29, 1.82) is 0 Å². The molecular weight excluding hydrogens is 286 g/mol. The SMILES string of the molecule is CCCCCNC(=S)N/N=C(/C)c1ccc2c(c1)OCO2. The predicted molar refractivity (Wildman–Crippen MR) is 88.0 cm³/mol. The number of thiocarbonyl (C=S) groups is 1. The molecule has 0 spiro atoms. The van der Waals surface area contributed by atoms with Gasteiger partial charge >= 0.3 is 0 Å². The summed E-state index contributed by atoms with van der Waals surface area (Å²) in [4.78, 5) is 0. The summed E-state index contributed by atoms with van der Waals surface area (Å²) < 4.78 is 10.6. The van der Waals surface area contributed by atoms with Crippen LogP contribution in [0.5, 0.6) is 11.5 Å². The largest absolute Gasteiger partial charge is 0.454 e. The first kappa shape index (κ1) is 15.6. The molecule has 0 saturated heterocycles. The van der Waals surface area contributed by atoms with Crippen molar-refractivity contribution < 1.29 is 9.47 Å². The van der Waals surface area contributed by atoms with Gasteiger partial charge in [-0.15, -0.1) is 0 Å². The molecule has 0 unspecified atom stereocenters. The van der Waals surface area contributed by atoms with Crippen LogP contribution in [0.2, 0.25) is 0 Å². The van der Waals surface area contributed by atoms with Crippen molar-refractivity contribution in [2.75, 3.05) is 13.3 Å². The Bertz CT molecular complexity index is 532. The van der Waals surface area contributed by atoms with E-state index in [-0.39, 0.29) is 6.79 Å². The van der Waals surface area contributed by atoms with Crippen LogP contribution in [0.15, 0.2) is 23.3 Å². The molecule has 1 heterocycles. The molecule has 5 nitrogen and oxygen atoms in total. The normalized spacial score (nSPS) is 13.1. The number of benzene rings is 1. The number of nitrogens with zero attached hydrogens (tertiary/aromatic N) is 1. The Labute approximate surface area is 130 Å². The number of fused-ring (bicyclic) bond motifs is 1. The van der Waals surface area contributed by atoms with Crippen LogP contribution in [0.1, 0.15) is 38.7 Å². The zero-order valence-corrected chi connectivity index (χ0v) is 13.3. The molecule has 0 aromatic heterocycles. The molecule has 1 aliphatic rings. The summed E-state index contributed by atoms with van der Waals surface area (Å²) in [5.74, 6) is 1.52. The smallest absolute Gasteiger partial charge is 0.231 e. The van der Waals surface area contributed by atoms with Gasteiger partial charge in [-0.3, -0.25) is 5.43 Å². The summed E-state index contributed by atoms with van der Waals surface area (Å²) in [6, 6.07) is 5.75. The maximum Gasteiger partial charge on any atom is 0.231 e. The van der Waals surface area contributed by atoms with Crippen molar-refractivity contribution in [3.05, 3.63) is 23.8 Å². The van der Waals surface area contributed by atoms with Crippen molar-refractivity contribution in [2.24, 2.45) is 5.10 Å². The molecule has 0 atom stereocenters. The van der Waals surface area contributed by atoms with Crippen LogP contribution < -0.4 is 20.2 Å². The third-order valence-corrected chi connectivity index (χ3v) is 3.42. The first-order valence-corrected chi connectivity index (χ1v) is 7.59. The lowest BCUT2D eigenvalue weighted by molar-refractivity contribution is 0.174. The van der Waals surface area contributed by atoms with Gasteiger partial charge in [0.25, 0.3) is 0 Å². The van der Waals surface area contributed by atoms with E-state index in [1.54, 1.807) is 0 Å². The van der Waals surface area contributed by atoms with Gasteiger partial charge in [-0.05, 0) is 43.8 Å². The fourth-order valence-electron chi connectivity index (χ4n) is 1.94. The maximum atomic E-state index is 5.36. The number of hydrogen-bond acceptors (Lipinski definition) is 4. The Hall–Kier alpha value is -1.82. The zero-order valence-electron chi connectivity index (χ0n) is 12.4. The Balaban J connectivity index is 1.84. The number of hydrazone groups is 1. The fraction of sp³-hybridized carbons (Fsp3) is 0.467. The Kier molecular flexibility index (Phi) is 5.80. The fourth-order valence-corrected chi connectivity index (χ4v) is 2.08. The minimum Gasteiger partial charge on any atom is -0.454 e.